The van der Waals surface area contributed by atoms with Crippen molar-refractivity contribution in [3.8, 4) is 0 Å². The molecule has 1 aromatic heterocycles. The van der Waals surface area contributed by atoms with Gasteiger partial charge in [-0.1, -0.05) is 13.3 Å². The molecule has 0 saturated heterocycles. The molecule has 0 amide bonds. The molecule has 90 valence electrons. The van der Waals surface area contributed by atoms with E-state index in [-0.39, 0.29) is 0 Å². The van der Waals surface area contributed by atoms with Crippen LogP contribution in [0.1, 0.15) is 38.4 Å². The van der Waals surface area contributed by atoms with E-state index in [0.717, 1.165) is 17.6 Å². The molecule has 1 aromatic rings. The zero-order valence-corrected chi connectivity index (χ0v) is 10.7. The number of rotatable bonds is 5. The van der Waals surface area contributed by atoms with Gasteiger partial charge in [-0.25, -0.2) is 4.98 Å². The van der Waals surface area contributed by atoms with E-state index >= 15 is 0 Å². The van der Waals surface area contributed by atoms with E-state index in [0.29, 0.717) is 6.04 Å². The van der Waals surface area contributed by atoms with Crippen molar-refractivity contribution in [2.75, 3.05) is 5.75 Å². The number of nitrogens with zero attached hydrogens (tertiary/aromatic N) is 1. The van der Waals surface area contributed by atoms with Crippen LogP contribution in [0.3, 0.4) is 0 Å². The first-order valence-electron chi connectivity index (χ1n) is 6.21. The standard InChI is InChI=1S/C12H21N3S/c1-2-16-11-5-3-4-10(8-11)15-9-12-13-6-7-14-12/h6-7,10-11,15H,2-5,8-9H2,1H3,(H,13,14). The highest BCUT2D eigenvalue weighted by atomic mass is 32.2. The molecule has 1 aliphatic rings. The van der Waals surface area contributed by atoms with E-state index in [1.54, 1.807) is 0 Å². The topological polar surface area (TPSA) is 40.7 Å². The van der Waals surface area contributed by atoms with Crippen LogP contribution in [0.2, 0.25) is 0 Å². The van der Waals surface area contributed by atoms with Crippen molar-refractivity contribution in [3.05, 3.63) is 18.2 Å². The SMILES string of the molecule is CCSC1CCCC(NCc2ncc[nH]2)C1. The monoisotopic (exact) mass is 239 g/mol. The van der Waals surface area contributed by atoms with Gasteiger partial charge in [0.25, 0.3) is 0 Å². The Hall–Kier alpha value is -0.480. The molecule has 3 nitrogen and oxygen atoms in total. The van der Waals surface area contributed by atoms with Crippen molar-refractivity contribution < 1.29 is 0 Å². The molecular formula is C12H21N3S. The highest BCUT2D eigenvalue weighted by Crippen LogP contribution is 2.28. The van der Waals surface area contributed by atoms with Gasteiger partial charge in [-0.05, 0) is 25.0 Å². The minimum atomic E-state index is 0.683. The van der Waals surface area contributed by atoms with Crippen molar-refractivity contribution in [2.24, 2.45) is 0 Å². The fourth-order valence-electron chi connectivity index (χ4n) is 2.35. The molecule has 0 aliphatic heterocycles. The Kier molecular flexibility index (Phi) is 4.72. The second kappa shape index (κ2) is 6.30. The molecule has 2 rings (SSSR count). The summed E-state index contributed by atoms with van der Waals surface area (Å²) in [5.74, 6) is 2.29. The van der Waals surface area contributed by atoms with Crippen molar-refractivity contribution >= 4 is 11.8 Å². The number of aromatic nitrogens is 2. The Morgan fingerprint density at radius 1 is 1.56 bits per heavy atom. The lowest BCUT2D eigenvalue weighted by atomic mass is 9.95. The molecule has 1 aliphatic carbocycles. The van der Waals surface area contributed by atoms with E-state index in [4.69, 9.17) is 0 Å². The molecule has 0 aromatic carbocycles. The maximum absolute atomic E-state index is 4.23. The van der Waals surface area contributed by atoms with Crippen LogP contribution >= 0.6 is 11.8 Å². The Bertz CT molecular complexity index is 284. The van der Waals surface area contributed by atoms with E-state index in [1.165, 1.54) is 31.4 Å². The van der Waals surface area contributed by atoms with Gasteiger partial charge in [-0.2, -0.15) is 11.8 Å². The highest BCUT2D eigenvalue weighted by Gasteiger charge is 2.21. The van der Waals surface area contributed by atoms with E-state index < -0.39 is 0 Å². The van der Waals surface area contributed by atoms with Crippen LogP contribution in [-0.2, 0) is 6.54 Å². The highest BCUT2D eigenvalue weighted by molar-refractivity contribution is 7.99. The van der Waals surface area contributed by atoms with Crippen LogP contribution in [0.25, 0.3) is 0 Å². The number of hydrogen-bond acceptors (Lipinski definition) is 3. The average molecular weight is 239 g/mol. The minimum Gasteiger partial charge on any atom is -0.348 e. The van der Waals surface area contributed by atoms with Crippen molar-refractivity contribution in [1.29, 1.82) is 0 Å². The number of hydrogen-bond donors (Lipinski definition) is 2. The molecule has 0 radical (unpaired) electrons. The summed E-state index contributed by atoms with van der Waals surface area (Å²) in [6, 6.07) is 0.683. The van der Waals surface area contributed by atoms with Gasteiger partial charge in [0.05, 0.1) is 6.54 Å². The fraction of sp³-hybridized carbons (Fsp3) is 0.750. The molecule has 0 spiro atoms. The fourth-order valence-corrected chi connectivity index (χ4v) is 3.53. The molecule has 1 fully saturated rings. The molecule has 2 atom stereocenters. The Labute approximate surface area is 102 Å². The lowest BCUT2D eigenvalue weighted by Crippen LogP contribution is -2.35. The number of aromatic amines is 1. The second-order valence-corrected chi connectivity index (χ2v) is 5.93. The van der Waals surface area contributed by atoms with Crippen LogP contribution in [0, 0.1) is 0 Å². The molecule has 0 bridgehead atoms. The molecule has 4 heteroatoms. The van der Waals surface area contributed by atoms with Crippen molar-refractivity contribution in [1.82, 2.24) is 15.3 Å². The van der Waals surface area contributed by atoms with Gasteiger partial charge >= 0.3 is 0 Å². The second-order valence-electron chi connectivity index (χ2n) is 4.36. The van der Waals surface area contributed by atoms with Gasteiger partial charge in [0, 0.05) is 23.7 Å². The van der Waals surface area contributed by atoms with Crippen LogP contribution in [0.4, 0.5) is 0 Å². The Balaban J connectivity index is 1.72. The minimum absolute atomic E-state index is 0.683. The zero-order chi connectivity index (χ0) is 11.2. The maximum Gasteiger partial charge on any atom is 0.120 e. The normalized spacial score (nSPS) is 25.8. The van der Waals surface area contributed by atoms with Crippen molar-refractivity contribution in [2.45, 2.75) is 50.4 Å². The number of nitrogens with one attached hydrogen (secondary N) is 2. The van der Waals surface area contributed by atoms with Crippen LogP contribution in [0.15, 0.2) is 12.4 Å². The summed E-state index contributed by atoms with van der Waals surface area (Å²) in [5, 5.41) is 4.47. The van der Waals surface area contributed by atoms with Gasteiger partial charge < -0.3 is 10.3 Å². The summed E-state index contributed by atoms with van der Waals surface area (Å²) in [6.07, 6.45) is 9.10. The molecule has 2 unspecified atom stereocenters. The number of imidazole rings is 1. The molecule has 16 heavy (non-hydrogen) atoms. The summed E-state index contributed by atoms with van der Waals surface area (Å²) < 4.78 is 0. The molecule has 1 heterocycles. The summed E-state index contributed by atoms with van der Waals surface area (Å²) in [5.41, 5.74) is 0. The van der Waals surface area contributed by atoms with E-state index in [9.17, 15) is 0 Å². The predicted molar refractivity (Wildman–Crippen MR) is 69.6 cm³/mol. The van der Waals surface area contributed by atoms with Gasteiger partial charge in [0.2, 0.25) is 0 Å². The third-order valence-corrected chi connectivity index (χ3v) is 4.37. The predicted octanol–water partition coefficient (Wildman–Crippen LogP) is 2.56. The van der Waals surface area contributed by atoms with Gasteiger partial charge in [-0.15, -0.1) is 0 Å². The van der Waals surface area contributed by atoms with Crippen LogP contribution in [0.5, 0.6) is 0 Å². The Morgan fingerprint density at radius 2 is 2.50 bits per heavy atom. The van der Waals surface area contributed by atoms with Gasteiger partial charge in [-0.3, -0.25) is 0 Å². The first-order valence-corrected chi connectivity index (χ1v) is 7.26. The van der Waals surface area contributed by atoms with Gasteiger partial charge in [0.15, 0.2) is 0 Å². The summed E-state index contributed by atoms with van der Waals surface area (Å²) in [6.45, 7) is 3.13. The summed E-state index contributed by atoms with van der Waals surface area (Å²) in [7, 11) is 0. The third-order valence-electron chi connectivity index (χ3n) is 3.14. The number of thioether (sulfide) groups is 1. The molecule has 2 N–H and O–H groups in total. The Morgan fingerprint density at radius 3 is 3.25 bits per heavy atom. The summed E-state index contributed by atoms with van der Waals surface area (Å²) >= 11 is 2.12. The average Bonchev–Trinajstić information content (AvgIpc) is 2.80. The van der Waals surface area contributed by atoms with E-state index in [2.05, 4.69) is 34.0 Å². The largest absolute Gasteiger partial charge is 0.348 e. The first kappa shape index (κ1) is 12.0. The molecular weight excluding hydrogens is 218 g/mol. The third kappa shape index (κ3) is 3.52. The van der Waals surface area contributed by atoms with Crippen molar-refractivity contribution in [3.63, 3.8) is 0 Å². The number of H-pyrrole nitrogens is 1. The van der Waals surface area contributed by atoms with Crippen LogP contribution in [-0.4, -0.2) is 27.0 Å². The van der Waals surface area contributed by atoms with Gasteiger partial charge in [0.1, 0.15) is 5.82 Å². The zero-order valence-electron chi connectivity index (χ0n) is 9.91. The van der Waals surface area contributed by atoms with E-state index in [1.807, 2.05) is 12.4 Å². The van der Waals surface area contributed by atoms with Crippen LogP contribution < -0.4 is 5.32 Å². The lowest BCUT2D eigenvalue weighted by molar-refractivity contribution is 0.377. The quantitative estimate of drug-likeness (QED) is 0.829. The lowest BCUT2D eigenvalue weighted by Gasteiger charge is -2.29. The summed E-state index contributed by atoms with van der Waals surface area (Å²) in [4.78, 5) is 7.37. The molecule has 1 saturated carbocycles. The smallest absolute Gasteiger partial charge is 0.120 e. The maximum atomic E-state index is 4.23. The first-order chi connectivity index (χ1) is 7.88.